The molecule has 1 aliphatic heterocycles. The first kappa shape index (κ1) is 24.9. The third kappa shape index (κ3) is 4.59. The zero-order chi connectivity index (χ0) is 27.2. The van der Waals surface area contributed by atoms with Crippen molar-refractivity contribution in [2.45, 2.75) is 38.9 Å². The number of nitrogens with zero attached hydrogens (tertiary/aromatic N) is 4. The van der Waals surface area contributed by atoms with Crippen LogP contribution in [0.25, 0.3) is 49.8 Å². The Morgan fingerprint density at radius 3 is 1.97 bits per heavy atom. The van der Waals surface area contributed by atoms with Gasteiger partial charge in [-0.2, -0.15) is 0 Å². The van der Waals surface area contributed by atoms with Gasteiger partial charge >= 0.3 is 7.12 Å². The van der Waals surface area contributed by atoms with Crippen LogP contribution in [0.5, 0.6) is 0 Å². The van der Waals surface area contributed by atoms with Gasteiger partial charge in [-0.1, -0.05) is 84.9 Å². The molecule has 0 aliphatic carbocycles. The highest BCUT2D eigenvalue weighted by molar-refractivity contribution is 6.62. The fraction of sp³-hybridized carbons (Fsp3) is 0.188. The summed E-state index contributed by atoms with van der Waals surface area (Å²) in [4.78, 5) is 18.3. The first-order valence-corrected chi connectivity index (χ1v) is 12.9. The van der Waals surface area contributed by atoms with Gasteiger partial charge in [0.05, 0.1) is 17.8 Å². The van der Waals surface area contributed by atoms with Crippen molar-refractivity contribution in [3.63, 3.8) is 0 Å². The van der Waals surface area contributed by atoms with E-state index < -0.39 is 18.3 Å². The molecule has 5 aromatic rings. The zero-order valence-corrected chi connectivity index (χ0v) is 22.3. The smallest absolute Gasteiger partial charge is 0.399 e. The van der Waals surface area contributed by atoms with Gasteiger partial charge in [0.2, 0.25) is 0 Å². The summed E-state index contributed by atoms with van der Waals surface area (Å²) in [5, 5.41) is 2.24. The minimum absolute atomic E-state index is 0.444. The lowest BCUT2D eigenvalue weighted by Crippen LogP contribution is -2.41. The highest BCUT2D eigenvalue weighted by atomic mass is 16.7. The van der Waals surface area contributed by atoms with Crippen LogP contribution in [0.4, 0.5) is 5.69 Å². The van der Waals surface area contributed by atoms with Crippen molar-refractivity contribution >= 4 is 29.0 Å². The van der Waals surface area contributed by atoms with Gasteiger partial charge in [0.15, 0.2) is 23.2 Å². The average molecular weight is 510 g/mol. The largest absolute Gasteiger partial charge is 0.494 e. The van der Waals surface area contributed by atoms with Crippen molar-refractivity contribution in [1.29, 1.82) is 0 Å². The number of para-hydroxylation sites is 1. The molecule has 0 N–H and O–H groups in total. The summed E-state index contributed by atoms with van der Waals surface area (Å²) in [6.45, 7) is 15.8. The molecule has 0 radical (unpaired) electrons. The number of hydrogen-bond donors (Lipinski definition) is 0. The third-order valence-electron chi connectivity index (χ3n) is 7.58. The van der Waals surface area contributed by atoms with E-state index in [1.165, 1.54) is 0 Å². The molecular formula is C32H27BN4O2. The minimum Gasteiger partial charge on any atom is -0.399 e. The molecule has 190 valence electrons. The lowest BCUT2D eigenvalue weighted by Gasteiger charge is -2.32. The molecule has 0 atom stereocenters. The normalized spacial score (nSPS) is 15.8. The molecule has 1 fully saturated rings. The Morgan fingerprint density at radius 2 is 1.26 bits per heavy atom. The molecule has 7 heteroatoms. The van der Waals surface area contributed by atoms with Crippen LogP contribution >= 0.6 is 0 Å². The lowest BCUT2D eigenvalue weighted by atomic mass is 9.78. The molecule has 2 heterocycles. The van der Waals surface area contributed by atoms with Crippen LogP contribution in [0, 0.1) is 6.57 Å². The van der Waals surface area contributed by atoms with Crippen molar-refractivity contribution in [2.75, 3.05) is 0 Å². The molecule has 1 aromatic heterocycles. The predicted molar refractivity (Wildman–Crippen MR) is 156 cm³/mol. The Hall–Kier alpha value is -4.38. The molecule has 1 saturated heterocycles. The van der Waals surface area contributed by atoms with Crippen LogP contribution in [0.1, 0.15) is 27.7 Å². The summed E-state index contributed by atoms with van der Waals surface area (Å²) >= 11 is 0. The summed E-state index contributed by atoms with van der Waals surface area (Å²) in [5.74, 6) is 1.51. The van der Waals surface area contributed by atoms with E-state index >= 15 is 0 Å². The van der Waals surface area contributed by atoms with Crippen molar-refractivity contribution < 1.29 is 9.31 Å². The molecular weight excluding hydrogens is 483 g/mol. The highest BCUT2D eigenvalue weighted by Crippen LogP contribution is 2.37. The van der Waals surface area contributed by atoms with Crippen LogP contribution in [0.3, 0.4) is 0 Å². The molecule has 0 unspecified atom stereocenters. The molecule has 6 nitrogen and oxygen atoms in total. The number of rotatable bonds is 4. The Balaban J connectivity index is 1.49. The van der Waals surface area contributed by atoms with Gasteiger partial charge in [-0.15, -0.1) is 0 Å². The predicted octanol–water partition coefficient (Wildman–Crippen LogP) is 6.88. The molecule has 0 amide bonds. The van der Waals surface area contributed by atoms with Crippen molar-refractivity contribution in [2.24, 2.45) is 0 Å². The third-order valence-corrected chi connectivity index (χ3v) is 7.58. The number of benzene rings is 4. The maximum atomic E-state index is 7.67. The summed E-state index contributed by atoms with van der Waals surface area (Å²) in [5.41, 5.74) is 2.85. The first-order valence-electron chi connectivity index (χ1n) is 12.9. The summed E-state index contributed by atoms with van der Waals surface area (Å²) in [6, 6.07) is 29.7. The summed E-state index contributed by atoms with van der Waals surface area (Å²) in [6.07, 6.45) is 0. The van der Waals surface area contributed by atoms with Gasteiger partial charge in [-0.3, -0.25) is 0 Å². The lowest BCUT2D eigenvalue weighted by molar-refractivity contribution is 0.00578. The molecule has 39 heavy (non-hydrogen) atoms. The quantitative estimate of drug-likeness (QED) is 0.195. The Kier molecular flexibility index (Phi) is 6.03. The van der Waals surface area contributed by atoms with Crippen molar-refractivity contribution in [3.8, 4) is 34.2 Å². The Morgan fingerprint density at radius 1 is 0.641 bits per heavy atom. The van der Waals surface area contributed by atoms with Crippen LogP contribution in [-0.4, -0.2) is 33.3 Å². The van der Waals surface area contributed by atoms with E-state index in [1.54, 1.807) is 6.07 Å². The SMILES string of the molecule is [C-]#[N+]c1ccccc1-c1nc(-c2cccc(B3OC(C)(C)C(C)(C)O3)c2)nc(-c2ccc3ccccc3c2)n1. The fourth-order valence-corrected chi connectivity index (χ4v) is 4.65. The van der Waals surface area contributed by atoms with E-state index in [4.69, 9.17) is 30.8 Å². The average Bonchev–Trinajstić information content (AvgIpc) is 3.18. The van der Waals surface area contributed by atoms with E-state index in [-0.39, 0.29) is 0 Å². The summed E-state index contributed by atoms with van der Waals surface area (Å²) in [7, 11) is -0.501. The van der Waals surface area contributed by atoms with Gasteiger partial charge in [-0.25, -0.2) is 19.8 Å². The van der Waals surface area contributed by atoms with E-state index in [0.717, 1.165) is 27.4 Å². The van der Waals surface area contributed by atoms with Gasteiger partial charge in [0.1, 0.15) is 0 Å². The molecule has 0 bridgehead atoms. The highest BCUT2D eigenvalue weighted by Gasteiger charge is 2.51. The number of fused-ring (bicyclic) bond motifs is 1. The second kappa shape index (κ2) is 9.42. The van der Waals surface area contributed by atoms with E-state index in [0.29, 0.717) is 28.7 Å². The first-order chi connectivity index (χ1) is 18.7. The maximum Gasteiger partial charge on any atom is 0.494 e. The van der Waals surface area contributed by atoms with Crippen LogP contribution in [0.15, 0.2) is 91.0 Å². The molecule has 0 spiro atoms. The fourth-order valence-electron chi connectivity index (χ4n) is 4.65. The van der Waals surface area contributed by atoms with Gasteiger partial charge < -0.3 is 9.31 Å². The van der Waals surface area contributed by atoms with Crippen LogP contribution < -0.4 is 5.46 Å². The van der Waals surface area contributed by atoms with Crippen molar-refractivity contribution in [3.05, 3.63) is 102 Å². The monoisotopic (exact) mass is 510 g/mol. The second-order valence-corrected chi connectivity index (χ2v) is 10.7. The topological polar surface area (TPSA) is 61.5 Å². The minimum atomic E-state index is -0.501. The Bertz CT molecular complexity index is 1740. The number of hydrogen-bond acceptors (Lipinski definition) is 5. The molecule has 0 saturated carbocycles. The van der Waals surface area contributed by atoms with E-state index in [1.807, 2.05) is 88.4 Å². The Labute approximate surface area is 228 Å². The molecule has 1 aliphatic rings. The van der Waals surface area contributed by atoms with Gasteiger partial charge in [-0.05, 0) is 50.0 Å². The van der Waals surface area contributed by atoms with Crippen LogP contribution in [0.2, 0.25) is 0 Å². The van der Waals surface area contributed by atoms with Gasteiger partial charge in [0.25, 0.3) is 0 Å². The van der Waals surface area contributed by atoms with Gasteiger partial charge in [0, 0.05) is 16.7 Å². The zero-order valence-electron chi connectivity index (χ0n) is 22.3. The van der Waals surface area contributed by atoms with E-state index in [2.05, 4.69) is 29.1 Å². The van der Waals surface area contributed by atoms with Crippen LogP contribution in [-0.2, 0) is 9.31 Å². The standard InChI is InChI=1S/C32H27BN4O2/c1-31(2)32(3,4)39-33(38-31)25-14-10-13-23(20-25)28-35-29(24-18-17-21-11-6-7-12-22(21)19-24)37-30(36-28)26-15-8-9-16-27(26)34-5/h6-20H,1-4H3. The maximum absolute atomic E-state index is 7.67. The van der Waals surface area contributed by atoms with Crippen molar-refractivity contribution in [1.82, 2.24) is 15.0 Å². The summed E-state index contributed by atoms with van der Waals surface area (Å²) < 4.78 is 12.6. The molecule has 6 rings (SSSR count). The second-order valence-electron chi connectivity index (χ2n) is 10.7. The molecule has 4 aromatic carbocycles. The van der Waals surface area contributed by atoms with E-state index in [9.17, 15) is 0 Å². The number of aromatic nitrogens is 3.